The monoisotopic (exact) mass is 354 g/mol. The smallest absolute Gasteiger partial charge is 0.252 e. The zero-order valence-corrected chi connectivity index (χ0v) is 14.6. The number of nitrogens with zero attached hydrogens (tertiary/aromatic N) is 3. The topological polar surface area (TPSA) is 83.4 Å². The highest BCUT2D eigenvalue weighted by Crippen LogP contribution is 2.20. The molecule has 26 heavy (non-hydrogen) atoms. The van der Waals surface area contributed by atoms with Crippen molar-refractivity contribution >= 4 is 10.9 Å². The van der Waals surface area contributed by atoms with Crippen LogP contribution < -0.4 is 10.3 Å². The number of H-pyrrole nitrogens is 1. The fourth-order valence-electron chi connectivity index (χ4n) is 3.38. The Morgan fingerprint density at radius 3 is 3.00 bits per heavy atom. The number of hydrogen-bond acceptors (Lipinski definition) is 5. The van der Waals surface area contributed by atoms with Gasteiger partial charge >= 0.3 is 0 Å². The van der Waals surface area contributed by atoms with Crippen molar-refractivity contribution in [2.75, 3.05) is 13.1 Å². The highest BCUT2D eigenvalue weighted by molar-refractivity contribution is 5.78. The first-order valence-electron chi connectivity index (χ1n) is 8.83. The van der Waals surface area contributed by atoms with E-state index in [0.717, 1.165) is 17.4 Å². The Balaban J connectivity index is 1.46. The summed E-state index contributed by atoms with van der Waals surface area (Å²) in [5.41, 5.74) is 1.43. The normalized spacial score (nSPS) is 20.7. The minimum Gasteiger partial charge on any atom is -0.483 e. The molecule has 1 saturated heterocycles. The van der Waals surface area contributed by atoms with E-state index in [1.807, 2.05) is 48.4 Å². The van der Waals surface area contributed by atoms with Gasteiger partial charge in [-0.1, -0.05) is 18.2 Å². The van der Waals surface area contributed by atoms with Gasteiger partial charge in [0.2, 0.25) is 0 Å². The average molecular weight is 354 g/mol. The fraction of sp³-hybridized carbons (Fsp3) is 0.368. The molecule has 0 radical (unpaired) electrons. The zero-order chi connectivity index (χ0) is 18.1. The number of pyridine rings is 1. The third kappa shape index (κ3) is 3.36. The Hall–Kier alpha value is -2.64. The van der Waals surface area contributed by atoms with Crippen LogP contribution in [0.5, 0.6) is 5.75 Å². The molecule has 7 heteroatoms. The Bertz CT molecular complexity index is 965. The first kappa shape index (κ1) is 16.8. The van der Waals surface area contributed by atoms with Crippen LogP contribution in [0.25, 0.3) is 10.9 Å². The lowest BCUT2D eigenvalue weighted by atomic mass is 10.1. The molecule has 136 valence electrons. The summed E-state index contributed by atoms with van der Waals surface area (Å²) in [6, 6.07) is 9.63. The average Bonchev–Trinajstić information content (AvgIpc) is 3.22. The molecular formula is C19H22N4O3. The van der Waals surface area contributed by atoms with E-state index in [9.17, 15) is 9.90 Å². The van der Waals surface area contributed by atoms with Gasteiger partial charge < -0.3 is 14.8 Å². The van der Waals surface area contributed by atoms with Crippen molar-refractivity contribution in [2.45, 2.75) is 32.2 Å². The summed E-state index contributed by atoms with van der Waals surface area (Å²) in [6.45, 7) is 4.28. The molecule has 1 aliphatic heterocycles. The van der Waals surface area contributed by atoms with Crippen LogP contribution in [0.4, 0.5) is 0 Å². The number of para-hydroxylation sites is 1. The second kappa shape index (κ2) is 6.93. The SMILES string of the molecule is CCn1cc(O[C@@H]2CN(Cc3cc4ccccc4[nH]c3=O)C[C@H]2O)cn1. The number of aromatic nitrogens is 3. The summed E-state index contributed by atoms with van der Waals surface area (Å²) in [7, 11) is 0. The molecule has 0 aliphatic carbocycles. The van der Waals surface area contributed by atoms with Gasteiger partial charge in [0.25, 0.3) is 5.56 Å². The predicted octanol–water partition coefficient (Wildman–Crippen LogP) is 1.37. The molecule has 0 amide bonds. The molecule has 1 aromatic carbocycles. The largest absolute Gasteiger partial charge is 0.483 e. The number of likely N-dealkylation sites (tertiary alicyclic amines) is 1. The van der Waals surface area contributed by atoms with E-state index in [-0.39, 0.29) is 11.7 Å². The highest BCUT2D eigenvalue weighted by atomic mass is 16.5. The van der Waals surface area contributed by atoms with Crippen molar-refractivity contribution in [1.29, 1.82) is 0 Å². The Morgan fingerprint density at radius 2 is 2.19 bits per heavy atom. The molecule has 4 rings (SSSR count). The number of rotatable bonds is 5. The van der Waals surface area contributed by atoms with Crippen LogP contribution in [0.3, 0.4) is 0 Å². The van der Waals surface area contributed by atoms with E-state index in [1.165, 1.54) is 0 Å². The summed E-state index contributed by atoms with van der Waals surface area (Å²) in [6.07, 6.45) is 2.56. The van der Waals surface area contributed by atoms with Crippen LogP contribution in [-0.2, 0) is 13.1 Å². The van der Waals surface area contributed by atoms with Crippen LogP contribution in [0.2, 0.25) is 0 Å². The standard InChI is InChI=1S/C19H22N4O3/c1-2-23-10-15(8-20-23)26-18-12-22(11-17(18)24)9-14-7-13-5-3-4-6-16(13)21-19(14)25/h3-8,10,17-18,24H,2,9,11-12H2,1H3,(H,21,25)/t17-,18-/m1/s1. The van der Waals surface area contributed by atoms with Crippen LogP contribution in [0.15, 0.2) is 47.5 Å². The Kier molecular flexibility index (Phi) is 4.48. The molecule has 0 saturated carbocycles. The first-order chi connectivity index (χ1) is 12.6. The molecule has 3 heterocycles. The van der Waals surface area contributed by atoms with Gasteiger partial charge in [-0.2, -0.15) is 5.10 Å². The van der Waals surface area contributed by atoms with Crippen molar-refractivity contribution in [3.05, 3.63) is 58.6 Å². The van der Waals surface area contributed by atoms with Gasteiger partial charge in [0.05, 0.1) is 12.4 Å². The summed E-state index contributed by atoms with van der Waals surface area (Å²) in [4.78, 5) is 17.3. The second-order valence-electron chi connectivity index (χ2n) is 6.66. The number of fused-ring (bicyclic) bond motifs is 1. The maximum atomic E-state index is 12.3. The number of benzene rings is 1. The maximum absolute atomic E-state index is 12.3. The third-order valence-corrected chi connectivity index (χ3v) is 4.76. The zero-order valence-electron chi connectivity index (χ0n) is 14.6. The van der Waals surface area contributed by atoms with Gasteiger partial charge in [-0.15, -0.1) is 0 Å². The third-order valence-electron chi connectivity index (χ3n) is 4.76. The number of hydrogen-bond donors (Lipinski definition) is 2. The van der Waals surface area contributed by atoms with E-state index >= 15 is 0 Å². The molecule has 2 N–H and O–H groups in total. The van der Waals surface area contributed by atoms with Crippen LogP contribution >= 0.6 is 0 Å². The fourth-order valence-corrected chi connectivity index (χ4v) is 3.38. The Morgan fingerprint density at radius 1 is 1.35 bits per heavy atom. The molecular weight excluding hydrogens is 332 g/mol. The number of β-amino-alcohol motifs (C(OH)–C–C–N with tert-alkyl or cyclic N) is 1. The van der Waals surface area contributed by atoms with Gasteiger partial charge in [0.15, 0.2) is 5.75 Å². The van der Waals surface area contributed by atoms with Gasteiger partial charge in [0, 0.05) is 37.3 Å². The number of aryl methyl sites for hydroxylation is 1. The molecule has 0 unspecified atom stereocenters. The second-order valence-corrected chi connectivity index (χ2v) is 6.66. The number of aliphatic hydroxyl groups is 1. The quantitative estimate of drug-likeness (QED) is 0.723. The number of aliphatic hydroxyl groups excluding tert-OH is 1. The van der Waals surface area contributed by atoms with Gasteiger partial charge in [-0.25, -0.2) is 0 Å². The lowest BCUT2D eigenvalue weighted by Crippen LogP contribution is -2.30. The molecule has 1 fully saturated rings. The van der Waals surface area contributed by atoms with Crippen LogP contribution in [-0.4, -0.2) is 50.1 Å². The van der Waals surface area contributed by atoms with Gasteiger partial charge in [-0.3, -0.25) is 14.4 Å². The molecule has 2 aromatic heterocycles. The molecule has 7 nitrogen and oxygen atoms in total. The molecule has 1 aliphatic rings. The highest BCUT2D eigenvalue weighted by Gasteiger charge is 2.33. The molecule has 0 bridgehead atoms. The summed E-state index contributed by atoms with van der Waals surface area (Å²) in [5, 5.41) is 15.5. The van der Waals surface area contributed by atoms with Crippen molar-refractivity contribution in [2.24, 2.45) is 0 Å². The number of ether oxygens (including phenoxy) is 1. The lowest BCUT2D eigenvalue weighted by molar-refractivity contribution is 0.0736. The van der Waals surface area contributed by atoms with E-state index in [1.54, 1.807) is 10.9 Å². The van der Waals surface area contributed by atoms with E-state index in [0.29, 0.717) is 30.9 Å². The van der Waals surface area contributed by atoms with Crippen molar-refractivity contribution < 1.29 is 9.84 Å². The van der Waals surface area contributed by atoms with Crippen molar-refractivity contribution in [1.82, 2.24) is 19.7 Å². The minimum atomic E-state index is -0.598. The molecule has 2 atom stereocenters. The maximum Gasteiger partial charge on any atom is 0.252 e. The Labute approximate surface area is 150 Å². The lowest BCUT2D eigenvalue weighted by Gasteiger charge is -2.16. The summed E-state index contributed by atoms with van der Waals surface area (Å²) >= 11 is 0. The summed E-state index contributed by atoms with van der Waals surface area (Å²) < 4.78 is 7.66. The number of aromatic amines is 1. The molecule has 3 aromatic rings. The van der Waals surface area contributed by atoms with E-state index in [4.69, 9.17) is 4.74 Å². The van der Waals surface area contributed by atoms with Crippen molar-refractivity contribution in [3.63, 3.8) is 0 Å². The first-order valence-corrected chi connectivity index (χ1v) is 8.83. The van der Waals surface area contributed by atoms with Gasteiger partial charge in [-0.05, 0) is 24.4 Å². The predicted molar refractivity (Wildman–Crippen MR) is 98.2 cm³/mol. The molecule has 0 spiro atoms. The van der Waals surface area contributed by atoms with Crippen LogP contribution in [0.1, 0.15) is 12.5 Å². The summed E-state index contributed by atoms with van der Waals surface area (Å²) in [5.74, 6) is 0.654. The van der Waals surface area contributed by atoms with Crippen LogP contribution in [0, 0.1) is 0 Å². The van der Waals surface area contributed by atoms with E-state index in [2.05, 4.69) is 10.1 Å². The van der Waals surface area contributed by atoms with Crippen molar-refractivity contribution in [3.8, 4) is 5.75 Å². The number of nitrogens with one attached hydrogen (secondary N) is 1. The van der Waals surface area contributed by atoms with Gasteiger partial charge in [0.1, 0.15) is 12.2 Å². The van der Waals surface area contributed by atoms with E-state index < -0.39 is 6.10 Å². The minimum absolute atomic E-state index is 0.0909.